The first-order valence-electron chi connectivity index (χ1n) is 7.07. The van der Waals surface area contributed by atoms with Gasteiger partial charge in [-0.3, -0.25) is 0 Å². The average molecular weight is 325 g/mol. The zero-order chi connectivity index (χ0) is 14.7. The highest BCUT2D eigenvalue weighted by Gasteiger charge is 2.31. The van der Waals surface area contributed by atoms with Crippen molar-refractivity contribution in [3.8, 4) is 0 Å². The number of nitrogens with two attached hydrogens (primary N) is 1. The van der Waals surface area contributed by atoms with Crippen molar-refractivity contribution >= 4 is 23.5 Å². The van der Waals surface area contributed by atoms with Gasteiger partial charge in [0.1, 0.15) is 0 Å². The molecular weight excluding hydrogens is 306 g/mol. The van der Waals surface area contributed by atoms with Crippen LogP contribution in [0.4, 0.5) is 0 Å². The lowest BCUT2D eigenvalue weighted by Gasteiger charge is -2.27. The third-order valence-corrected chi connectivity index (χ3v) is 6.72. The molecule has 8 heteroatoms. The van der Waals surface area contributed by atoms with Gasteiger partial charge in [0.25, 0.3) is 0 Å². The van der Waals surface area contributed by atoms with Gasteiger partial charge in [0, 0.05) is 35.1 Å². The maximum Gasteiger partial charge on any atom is 0.244 e. The van der Waals surface area contributed by atoms with Gasteiger partial charge in [0.2, 0.25) is 5.89 Å². The summed E-state index contributed by atoms with van der Waals surface area (Å²) in [6.07, 6.45) is 5.14. The van der Waals surface area contributed by atoms with Crippen molar-refractivity contribution in [2.24, 2.45) is 5.73 Å². The van der Waals surface area contributed by atoms with E-state index >= 15 is 0 Å². The number of H-pyrrole nitrogens is 1. The summed E-state index contributed by atoms with van der Waals surface area (Å²) < 4.78 is 5.38. The van der Waals surface area contributed by atoms with E-state index in [1.165, 1.54) is 5.75 Å². The number of nitrogens with one attached hydrogen (secondary N) is 1. The van der Waals surface area contributed by atoms with Crippen LogP contribution in [0.25, 0.3) is 0 Å². The topological polar surface area (TPSA) is 93.6 Å². The van der Waals surface area contributed by atoms with E-state index in [4.69, 9.17) is 10.3 Å². The molecule has 3 rings (SSSR count). The minimum Gasteiger partial charge on any atom is -0.348 e. The van der Waals surface area contributed by atoms with Crippen molar-refractivity contribution in [2.45, 2.75) is 36.3 Å². The summed E-state index contributed by atoms with van der Waals surface area (Å²) in [5.41, 5.74) is 7.11. The van der Waals surface area contributed by atoms with E-state index in [9.17, 15) is 0 Å². The normalized spacial score (nSPS) is 24.1. The second-order valence-corrected chi connectivity index (χ2v) is 7.58. The third-order valence-electron chi connectivity index (χ3n) is 3.48. The SMILES string of the molecule is CCC1SCCSC1c1noc([C@@H](N)Cc2cnc[nH]2)n1. The molecule has 1 saturated heterocycles. The molecule has 0 saturated carbocycles. The maximum atomic E-state index is 6.14. The van der Waals surface area contributed by atoms with Crippen LogP contribution >= 0.6 is 23.5 Å². The molecule has 6 nitrogen and oxygen atoms in total. The molecule has 1 aliphatic heterocycles. The van der Waals surface area contributed by atoms with Gasteiger partial charge >= 0.3 is 0 Å². The number of imidazole rings is 1. The van der Waals surface area contributed by atoms with Gasteiger partial charge in [-0.25, -0.2) is 4.98 Å². The highest BCUT2D eigenvalue weighted by atomic mass is 32.2. The van der Waals surface area contributed by atoms with Gasteiger partial charge in [0.05, 0.1) is 17.6 Å². The van der Waals surface area contributed by atoms with Crippen molar-refractivity contribution in [3.05, 3.63) is 29.9 Å². The minimum atomic E-state index is -0.298. The molecule has 3 heterocycles. The first-order chi connectivity index (χ1) is 10.3. The first kappa shape index (κ1) is 14.9. The van der Waals surface area contributed by atoms with Crippen LogP contribution < -0.4 is 5.73 Å². The lowest BCUT2D eigenvalue weighted by molar-refractivity contribution is 0.349. The molecule has 2 aromatic rings. The van der Waals surface area contributed by atoms with Crippen LogP contribution in [0.3, 0.4) is 0 Å². The molecule has 1 fully saturated rings. The van der Waals surface area contributed by atoms with E-state index in [0.29, 0.717) is 22.8 Å². The second kappa shape index (κ2) is 6.85. The van der Waals surface area contributed by atoms with Crippen LogP contribution in [-0.4, -0.2) is 36.9 Å². The number of nitrogens with zero attached hydrogens (tertiary/aromatic N) is 3. The standard InChI is InChI=1S/C13H19N5OS2/c1-2-10-11(21-4-3-20-10)12-17-13(19-18-12)9(14)5-8-6-15-7-16-8/h6-7,9-11H,2-5,14H2,1H3,(H,15,16)/t9-,10?,11?/m0/s1. The number of aromatic nitrogens is 4. The van der Waals surface area contributed by atoms with E-state index in [2.05, 4.69) is 27.0 Å². The Morgan fingerprint density at radius 1 is 1.48 bits per heavy atom. The molecule has 3 N–H and O–H groups in total. The van der Waals surface area contributed by atoms with Gasteiger partial charge in [-0.1, -0.05) is 12.1 Å². The largest absolute Gasteiger partial charge is 0.348 e. The molecule has 0 aromatic carbocycles. The monoisotopic (exact) mass is 325 g/mol. The molecule has 2 aromatic heterocycles. The van der Waals surface area contributed by atoms with Gasteiger partial charge in [-0.2, -0.15) is 16.7 Å². The van der Waals surface area contributed by atoms with Crippen LogP contribution in [0, 0.1) is 0 Å². The average Bonchev–Trinajstić information content (AvgIpc) is 3.18. The number of hydrogen-bond donors (Lipinski definition) is 2. The number of rotatable bonds is 5. The molecule has 0 aliphatic carbocycles. The van der Waals surface area contributed by atoms with Crippen LogP contribution in [0.15, 0.2) is 17.0 Å². The lowest BCUT2D eigenvalue weighted by Crippen LogP contribution is -2.20. The summed E-state index contributed by atoms with van der Waals surface area (Å²) in [6.45, 7) is 2.21. The molecule has 21 heavy (non-hydrogen) atoms. The van der Waals surface area contributed by atoms with Crippen molar-refractivity contribution in [2.75, 3.05) is 11.5 Å². The Morgan fingerprint density at radius 2 is 2.33 bits per heavy atom. The summed E-state index contributed by atoms with van der Waals surface area (Å²) in [5.74, 6) is 3.62. The second-order valence-electron chi connectivity index (χ2n) is 4.99. The summed E-state index contributed by atoms with van der Waals surface area (Å²) in [4.78, 5) is 11.6. The van der Waals surface area contributed by atoms with Crippen molar-refractivity contribution in [1.29, 1.82) is 0 Å². The Kier molecular flexibility index (Phi) is 4.87. The van der Waals surface area contributed by atoms with Crippen LogP contribution in [0.2, 0.25) is 0 Å². The minimum absolute atomic E-state index is 0.298. The number of aromatic amines is 1. The molecule has 0 spiro atoms. The first-order valence-corrected chi connectivity index (χ1v) is 9.17. The summed E-state index contributed by atoms with van der Waals surface area (Å²) >= 11 is 3.92. The van der Waals surface area contributed by atoms with Gasteiger partial charge in [-0.05, 0) is 6.42 Å². The van der Waals surface area contributed by atoms with Gasteiger partial charge < -0.3 is 15.2 Å². The molecule has 0 amide bonds. The smallest absolute Gasteiger partial charge is 0.244 e. The van der Waals surface area contributed by atoms with Crippen molar-refractivity contribution in [3.63, 3.8) is 0 Å². The molecule has 0 bridgehead atoms. The van der Waals surface area contributed by atoms with E-state index in [-0.39, 0.29) is 6.04 Å². The maximum absolute atomic E-state index is 6.14. The zero-order valence-electron chi connectivity index (χ0n) is 11.9. The quantitative estimate of drug-likeness (QED) is 0.871. The predicted molar refractivity (Wildman–Crippen MR) is 85.3 cm³/mol. The van der Waals surface area contributed by atoms with E-state index in [0.717, 1.165) is 23.7 Å². The van der Waals surface area contributed by atoms with E-state index in [1.54, 1.807) is 12.5 Å². The van der Waals surface area contributed by atoms with Gasteiger partial charge in [0.15, 0.2) is 5.82 Å². The number of thioether (sulfide) groups is 2. The highest BCUT2D eigenvalue weighted by Crippen LogP contribution is 2.43. The van der Waals surface area contributed by atoms with Crippen molar-refractivity contribution in [1.82, 2.24) is 20.1 Å². The van der Waals surface area contributed by atoms with E-state index in [1.807, 2.05) is 23.5 Å². The Bertz CT molecular complexity index is 559. The Labute approximate surface area is 132 Å². The van der Waals surface area contributed by atoms with Crippen LogP contribution in [-0.2, 0) is 6.42 Å². The predicted octanol–water partition coefficient (Wildman–Crippen LogP) is 2.33. The molecule has 1 aliphatic rings. The molecule has 114 valence electrons. The zero-order valence-corrected chi connectivity index (χ0v) is 13.5. The summed E-state index contributed by atoms with van der Waals surface area (Å²) in [6, 6.07) is -0.298. The number of hydrogen-bond acceptors (Lipinski definition) is 7. The molecular formula is C13H19N5OS2. The molecule has 3 atom stereocenters. The Morgan fingerprint density at radius 3 is 3.10 bits per heavy atom. The fourth-order valence-electron chi connectivity index (χ4n) is 2.38. The van der Waals surface area contributed by atoms with Crippen molar-refractivity contribution < 1.29 is 4.52 Å². The molecule has 2 unspecified atom stereocenters. The van der Waals surface area contributed by atoms with Crippen LogP contribution in [0.1, 0.15) is 42.0 Å². The Hall–Kier alpha value is -0.990. The highest BCUT2D eigenvalue weighted by molar-refractivity contribution is 8.06. The van der Waals surface area contributed by atoms with Crippen LogP contribution in [0.5, 0.6) is 0 Å². The Balaban J connectivity index is 1.70. The van der Waals surface area contributed by atoms with Gasteiger partial charge in [-0.15, -0.1) is 11.8 Å². The lowest BCUT2D eigenvalue weighted by atomic mass is 10.2. The molecule has 0 radical (unpaired) electrons. The fourth-order valence-corrected chi connectivity index (χ4v) is 5.36. The third kappa shape index (κ3) is 3.44. The summed E-state index contributed by atoms with van der Waals surface area (Å²) in [5, 5.41) is 5.03. The summed E-state index contributed by atoms with van der Waals surface area (Å²) in [7, 11) is 0. The fraction of sp³-hybridized carbons (Fsp3) is 0.615. The van der Waals surface area contributed by atoms with E-state index < -0.39 is 0 Å².